The molecule has 0 saturated heterocycles. The van der Waals surface area contributed by atoms with Crippen LogP contribution in [0.2, 0.25) is 10.0 Å². The third-order valence-corrected chi connectivity index (χ3v) is 8.78. The van der Waals surface area contributed by atoms with Gasteiger partial charge in [0.15, 0.2) is 11.5 Å². The fourth-order valence-electron chi connectivity index (χ4n) is 4.17. The second-order valence-corrected chi connectivity index (χ2v) is 11.3. The van der Waals surface area contributed by atoms with Crippen molar-refractivity contribution < 1.29 is 27.5 Å². The molecule has 0 heterocycles. The second-order valence-electron chi connectivity index (χ2n) is 8.62. The molecule has 0 aromatic heterocycles. The van der Waals surface area contributed by atoms with Crippen LogP contribution in [-0.2, 0) is 26.2 Å². The average molecular weight is 609 g/mol. The van der Waals surface area contributed by atoms with E-state index < -0.39 is 34.4 Å². The number of sulfonamides is 1. The van der Waals surface area contributed by atoms with Crippen LogP contribution < -0.4 is 19.1 Å². The SMILES string of the molecule is CC[C@H](C(=O)NC)N(Cc1c(Cl)cccc1Cl)C(=O)CN(c1ccc(OC)c(OC)c1)S(=O)(=O)c1ccccc1. The number of benzene rings is 3. The molecule has 0 aliphatic heterocycles. The molecule has 0 aliphatic carbocycles. The summed E-state index contributed by atoms with van der Waals surface area (Å²) < 4.78 is 39.5. The van der Waals surface area contributed by atoms with Crippen LogP contribution in [0.25, 0.3) is 0 Å². The van der Waals surface area contributed by atoms with Gasteiger partial charge in [0, 0.05) is 35.3 Å². The molecule has 1 N–H and O–H groups in total. The Morgan fingerprint density at radius 2 is 1.55 bits per heavy atom. The largest absolute Gasteiger partial charge is 0.493 e. The number of carbonyl (C=O) groups is 2. The highest BCUT2D eigenvalue weighted by Crippen LogP contribution is 2.34. The number of amides is 2. The summed E-state index contributed by atoms with van der Waals surface area (Å²) in [7, 11) is 0.109. The van der Waals surface area contributed by atoms with Gasteiger partial charge in [-0.1, -0.05) is 54.4 Å². The Morgan fingerprint density at radius 1 is 0.925 bits per heavy atom. The van der Waals surface area contributed by atoms with Gasteiger partial charge < -0.3 is 19.7 Å². The van der Waals surface area contributed by atoms with Crippen LogP contribution in [-0.4, -0.2) is 59.0 Å². The lowest BCUT2D eigenvalue weighted by Crippen LogP contribution is -2.51. The van der Waals surface area contributed by atoms with E-state index >= 15 is 0 Å². The third-order valence-electron chi connectivity index (χ3n) is 6.29. The van der Waals surface area contributed by atoms with E-state index in [1.807, 2.05) is 0 Å². The molecule has 214 valence electrons. The molecule has 9 nitrogen and oxygen atoms in total. The van der Waals surface area contributed by atoms with Gasteiger partial charge in [-0.2, -0.15) is 0 Å². The molecule has 0 spiro atoms. The summed E-state index contributed by atoms with van der Waals surface area (Å²) in [4.78, 5) is 28.1. The average Bonchev–Trinajstić information content (AvgIpc) is 2.96. The Morgan fingerprint density at radius 3 is 2.10 bits per heavy atom. The second kappa shape index (κ2) is 13.7. The van der Waals surface area contributed by atoms with E-state index in [1.165, 1.54) is 50.4 Å². The molecular weight excluding hydrogens is 577 g/mol. The Balaban J connectivity index is 2.14. The molecule has 0 saturated carbocycles. The van der Waals surface area contributed by atoms with Gasteiger partial charge in [0.2, 0.25) is 11.8 Å². The number of halogens is 2. The first-order valence-electron chi connectivity index (χ1n) is 12.3. The highest BCUT2D eigenvalue weighted by molar-refractivity contribution is 7.92. The van der Waals surface area contributed by atoms with Crippen molar-refractivity contribution in [2.24, 2.45) is 0 Å². The number of ether oxygens (including phenoxy) is 2. The fraction of sp³-hybridized carbons (Fsp3) is 0.286. The molecular formula is C28H31Cl2N3O6S. The number of methoxy groups -OCH3 is 2. The lowest BCUT2D eigenvalue weighted by molar-refractivity contribution is -0.140. The molecule has 0 aliphatic rings. The van der Waals surface area contributed by atoms with Gasteiger partial charge in [-0.05, 0) is 42.8 Å². The van der Waals surface area contributed by atoms with Crippen molar-refractivity contribution in [2.75, 3.05) is 32.1 Å². The van der Waals surface area contributed by atoms with E-state index in [0.29, 0.717) is 21.4 Å². The summed E-state index contributed by atoms with van der Waals surface area (Å²) in [6.45, 7) is 1.01. The Labute approximate surface area is 244 Å². The maximum atomic E-state index is 14.0. The van der Waals surface area contributed by atoms with Gasteiger partial charge in [0.25, 0.3) is 10.0 Å². The summed E-state index contributed by atoms with van der Waals surface area (Å²) in [5.41, 5.74) is 0.601. The van der Waals surface area contributed by atoms with Crippen LogP contribution in [0, 0.1) is 0 Å². The maximum Gasteiger partial charge on any atom is 0.264 e. The van der Waals surface area contributed by atoms with Crippen LogP contribution in [0.15, 0.2) is 71.6 Å². The lowest BCUT2D eigenvalue weighted by Gasteiger charge is -2.33. The van der Waals surface area contributed by atoms with Crippen molar-refractivity contribution in [3.05, 3.63) is 82.3 Å². The van der Waals surface area contributed by atoms with E-state index in [-0.39, 0.29) is 29.3 Å². The number of nitrogens with one attached hydrogen (secondary N) is 1. The molecule has 3 aromatic carbocycles. The number of anilines is 1. The smallest absolute Gasteiger partial charge is 0.264 e. The minimum Gasteiger partial charge on any atom is -0.493 e. The third kappa shape index (κ3) is 6.80. The van der Waals surface area contributed by atoms with E-state index in [9.17, 15) is 18.0 Å². The summed E-state index contributed by atoms with van der Waals surface area (Å²) >= 11 is 12.8. The van der Waals surface area contributed by atoms with Crippen molar-refractivity contribution in [2.45, 2.75) is 30.8 Å². The van der Waals surface area contributed by atoms with Crippen LogP contribution in [0.4, 0.5) is 5.69 Å². The first kappa shape index (κ1) is 31.1. The van der Waals surface area contributed by atoms with Crippen molar-refractivity contribution in [3.8, 4) is 11.5 Å². The molecule has 3 aromatic rings. The number of rotatable bonds is 12. The van der Waals surface area contributed by atoms with E-state index in [4.69, 9.17) is 32.7 Å². The number of likely N-dealkylation sites (N-methyl/N-ethyl adjacent to an activating group) is 1. The van der Waals surface area contributed by atoms with E-state index in [0.717, 1.165) is 4.31 Å². The number of nitrogens with zero attached hydrogens (tertiary/aromatic N) is 2. The predicted octanol–water partition coefficient (Wildman–Crippen LogP) is 4.76. The molecule has 2 amide bonds. The van der Waals surface area contributed by atoms with Gasteiger partial charge in [0.1, 0.15) is 12.6 Å². The van der Waals surface area contributed by atoms with Crippen molar-refractivity contribution >= 4 is 50.7 Å². The molecule has 0 fully saturated rings. The van der Waals surface area contributed by atoms with Gasteiger partial charge in [-0.25, -0.2) is 8.42 Å². The highest BCUT2D eigenvalue weighted by Gasteiger charge is 2.34. The molecule has 0 bridgehead atoms. The first-order chi connectivity index (χ1) is 19.1. The van der Waals surface area contributed by atoms with Crippen LogP contribution >= 0.6 is 23.2 Å². The zero-order chi connectivity index (χ0) is 29.4. The zero-order valence-corrected chi connectivity index (χ0v) is 24.9. The number of hydrogen-bond acceptors (Lipinski definition) is 6. The predicted molar refractivity (Wildman–Crippen MR) is 156 cm³/mol. The quantitative estimate of drug-likeness (QED) is 0.318. The minimum absolute atomic E-state index is 0.0170. The van der Waals surface area contributed by atoms with Crippen molar-refractivity contribution in [3.63, 3.8) is 0 Å². The Hall–Kier alpha value is -3.47. The van der Waals surface area contributed by atoms with Crippen LogP contribution in [0.1, 0.15) is 18.9 Å². The molecule has 0 unspecified atom stereocenters. The summed E-state index contributed by atoms with van der Waals surface area (Å²) in [5.74, 6) is -0.393. The molecule has 1 atom stereocenters. The fourth-order valence-corrected chi connectivity index (χ4v) is 6.11. The highest BCUT2D eigenvalue weighted by atomic mass is 35.5. The van der Waals surface area contributed by atoms with Gasteiger partial charge in [0.05, 0.1) is 24.8 Å². The standard InChI is InChI=1S/C28H31Cl2N3O6S/c1-5-24(28(35)31-2)32(17-21-22(29)12-9-13-23(21)30)27(34)18-33(40(36,37)20-10-7-6-8-11-20)19-14-15-25(38-3)26(16-19)39-4/h6-16,24H,5,17-18H2,1-4H3,(H,31,35)/t24-/m1/s1. The zero-order valence-electron chi connectivity index (χ0n) is 22.6. The Bertz CT molecular complexity index is 1430. The normalized spacial score (nSPS) is 11.8. The first-order valence-corrected chi connectivity index (χ1v) is 14.5. The lowest BCUT2D eigenvalue weighted by atomic mass is 10.1. The molecule has 3 rings (SSSR count). The molecule has 0 radical (unpaired) electrons. The minimum atomic E-state index is -4.24. The number of hydrogen-bond donors (Lipinski definition) is 1. The van der Waals surface area contributed by atoms with Crippen molar-refractivity contribution in [1.29, 1.82) is 0 Å². The Kier molecular flexibility index (Phi) is 10.7. The summed E-state index contributed by atoms with van der Waals surface area (Å²) in [6, 6.07) is 16.3. The van der Waals surface area contributed by atoms with Gasteiger partial charge in [-0.15, -0.1) is 0 Å². The topological polar surface area (TPSA) is 105 Å². The maximum absolute atomic E-state index is 14.0. The summed E-state index contributed by atoms with van der Waals surface area (Å²) in [5, 5.41) is 3.20. The van der Waals surface area contributed by atoms with Gasteiger partial charge >= 0.3 is 0 Å². The van der Waals surface area contributed by atoms with Crippen LogP contribution in [0.5, 0.6) is 11.5 Å². The van der Waals surface area contributed by atoms with Gasteiger partial charge in [-0.3, -0.25) is 13.9 Å². The molecule has 40 heavy (non-hydrogen) atoms. The van der Waals surface area contributed by atoms with E-state index in [2.05, 4.69) is 5.32 Å². The van der Waals surface area contributed by atoms with E-state index in [1.54, 1.807) is 49.4 Å². The molecule has 12 heteroatoms. The van der Waals surface area contributed by atoms with Crippen LogP contribution in [0.3, 0.4) is 0 Å². The monoisotopic (exact) mass is 607 g/mol. The summed E-state index contributed by atoms with van der Waals surface area (Å²) in [6.07, 6.45) is 0.259. The van der Waals surface area contributed by atoms with Crippen molar-refractivity contribution in [1.82, 2.24) is 10.2 Å². The number of carbonyl (C=O) groups excluding carboxylic acids is 2.